The van der Waals surface area contributed by atoms with Gasteiger partial charge in [0.05, 0.1) is 18.5 Å². The molecule has 0 saturated heterocycles. The third kappa shape index (κ3) is 6.89. The summed E-state index contributed by atoms with van der Waals surface area (Å²) < 4.78 is 5.07. The van der Waals surface area contributed by atoms with E-state index < -0.39 is 6.09 Å². The van der Waals surface area contributed by atoms with E-state index in [2.05, 4.69) is 17.2 Å². The van der Waals surface area contributed by atoms with Crippen LogP contribution in [0.2, 0.25) is 0 Å². The zero-order chi connectivity index (χ0) is 13.1. The summed E-state index contributed by atoms with van der Waals surface area (Å²) in [6.07, 6.45) is 9.95. The molecule has 0 radical (unpaired) electrons. The maximum Gasteiger partial charge on any atom is 0.411 e. The number of rotatable bonds is 8. The summed E-state index contributed by atoms with van der Waals surface area (Å²) >= 11 is 0. The topological polar surface area (TPSA) is 51.2 Å². The van der Waals surface area contributed by atoms with E-state index in [-0.39, 0.29) is 0 Å². The van der Waals surface area contributed by atoms with Crippen molar-refractivity contribution >= 4 is 11.8 Å². The molecule has 4 heteroatoms. The fraction of sp³-hybridized carbons (Fsp3) is 0.571. The van der Waals surface area contributed by atoms with Gasteiger partial charge in [0, 0.05) is 6.20 Å². The average molecular weight is 250 g/mol. The Morgan fingerprint density at radius 1 is 1.28 bits per heavy atom. The first-order chi connectivity index (χ1) is 8.83. The van der Waals surface area contributed by atoms with Crippen LogP contribution in [0.3, 0.4) is 0 Å². The van der Waals surface area contributed by atoms with Gasteiger partial charge in [-0.15, -0.1) is 0 Å². The zero-order valence-corrected chi connectivity index (χ0v) is 11.0. The molecule has 0 aliphatic heterocycles. The molecule has 0 atom stereocenters. The normalized spacial score (nSPS) is 10.1. The molecule has 0 aliphatic carbocycles. The van der Waals surface area contributed by atoms with E-state index in [9.17, 15) is 4.79 Å². The molecule has 0 spiro atoms. The van der Waals surface area contributed by atoms with Crippen molar-refractivity contribution in [3.8, 4) is 0 Å². The number of ether oxygens (including phenoxy) is 1. The molecular formula is C14H22N2O2. The molecule has 1 heterocycles. The molecular weight excluding hydrogens is 228 g/mol. The highest BCUT2D eigenvalue weighted by atomic mass is 16.5. The zero-order valence-electron chi connectivity index (χ0n) is 11.0. The van der Waals surface area contributed by atoms with Gasteiger partial charge in [-0.2, -0.15) is 0 Å². The minimum Gasteiger partial charge on any atom is -0.449 e. The van der Waals surface area contributed by atoms with Crippen molar-refractivity contribution in [2.75, 3.05) is 11.9 Å². The summed E-state index contributed by atoms with van der Waals surface area (Å²) in [5.41, 5.74) is 0.658. The highest BCUT2D eigenvalue weighted by Gasteiger charge is 2.02. The van der Waals surface area contributed by atoms with Crippen LogP contribution in [0.15, 0.2) is 24.5 Å². The van der Waals surface area contributed by atoms with Gasteiger partial charge in [-0.3, -0.25) is 10.3 Å². The fourth-order valence-corrected chi connectivity index (χ4v) is 1.64. The Kier molecular flexibility index (Phi) is 7.60. The second kappa shape index (κ2) is 9.45. The van der Waals surface area contributed by atoms with E-state index in [0.29, 0.717) is 12.3 Å². The Labute approximate surface area is 109 Å². The van der Waals surface area contributed by atoms with Gasteiger partial charge in [-0.25, -0.2) is 4.79 Å². The second-order valence-electron chi connectivity index (χ2n) is 4.27. The lowest BCUT2D eigenvalue weighted by molar-refractivity contribution is 0.159. The van der Waals surface area contributed by atoms with Gasteiger partial charge < -0.3 is 4.74 Å². The lowest BCUT2D eigenvalue weighted by Crippen LogP contribution is -2.14. The minimum atomic E-state index is -0.406. The number of carbonyl (C=O) groups is 1. The van der Waals surface area contributed by atoms with Crippen molar-refractivity contribution in [3.05, 3.63) is 24.5 Å². The third-order valence-electron chi connectivity index (χ3n) is 2.64. The van der Waals surface area contributed by atoms with E-state index >= 15 is 0 Å². The van der Waals surface area contributed by atoms with Crippen LogP contribution in [0.5, 0.6) is 0 Å². The van der Waals surface area contributed by atoms with Gasteiger partial charge in [0.2, 0.25) is 0 Å². The van der Waals surface area contributed by atoms with Gasteiger partial charge in [0.25, 0.3) is 0 Å². The highest BCUT2D eigenvalue weighted by molar-refractivity contribution is 5.84. The van der Waals surface area contributed by atoms with Crippen molar-refractivity contribution in [1.29, 1.82) is 0 Å². The summed E-state index contributed by atoms with van der Waals surface area (Å²) in [4.78, 5) is 15.3. The van der Waals surface area contributed by atoms with E-state index in [0.717, 1.165) is 12.8 Å². The quantitative estimate of drug-likeness (QED) is 0.710. The molecule has 1 rings (SSSR count). The van der Waals surface area contributed by atoms with Crippen molar-refractivity contribution < 1.29 is 9.53 Å². The predicted octanol–water partition coefficient (Wildman–Crippen LogP) is 3.99. The van der Waals surface area contributed by atoms with Crippen LogP contribution in [-0.2, 0) is 4.74 Å². The third-order valence-corrected chi connectivity index (χ3v) is 2.64. The SMILES string of the molecule is CCCCCCCCOC(=O)Nc1cccnc1. The molecule has 0 fully saturated rings. The number of amides is 1. The molecule has 4 nitrogen and oxygen atoms in total. The van der Waals surface area contributed by atoms with Crippen LogP contribution < -0.4 is 5.32 Å². The number of hydrogen-bond donors (Lipinski definition) is 1. The first-order valence-corrected chi connectivity index (χ1v) is 6.66. The summed E-state index contributed by atoms with van der Waals surface area (Å²) in [6, 6.07) is 3.54. The lowest BCUT2D eigenvalue weighted by atomic mass is 10.1. The molecule has 100 valence electrons. The number of anilines is 1. The van der Waals surface area contributed by atoms with Crippen LogP contribution in [0.25, 0.3) is 0 Å². The largest absolute Gasteiger partial charge is 0.449 e. The monoisotopic (exact) mass is 250 g/mol. The Balaban J connectivity index is 2.00. The molecule has 1 aromatic heterocycles. The average Bonchev–Trinajstić information content (AvgIpc) is 2.39. The number of pyridine rings is 1. The maximum absolute atomic E-state index is 11.4. The number of aromatic nitrogens is 1. The molecule has 0 bridgehead atoms. The number of nitrogens with zero attached hydrogens (tertiary/aromatic N) is 1. The fourth-order valence-electron chi connectivity index (χ4n) is 1.64. The van der Waals surface area contributed by atoms with Crippen LogP contribution in [0.4, 0.5) is 10.5 Å². The molecule has 0 aliphatic rings. The van der Waals surface area contributed by atoms with Crippen LogP contribution in [-0.4, -0.2) is 17.7 Å². The minimum absolute atomic E-state index is 0.406. The molecule has 18 heavy (non-hydrogen) atoms. The lowest BCUT2D eigenvalue weighted by Gasteiger charge is -2.06. The highest BCUT2D eigenvalue weighted by Crippen LogP contribution is 2.06. The van der Waals surface area contributed by atoms with Crippen molar-refractivity contribution in [3.63, 3.8) is 0 Å². The smallest absolute Gasteiger partial charge is 0.411 e. The van der Waals surface area contributed by atoms with Gasteiger partial charge in [0.15, 0.2) is 0 Å². The first-order valence-electron chi connectivity index (χ1n) is 6.66. The molecule has 0 saturated carbocycles. The van der Waals surface area contributed by atoms with Gasteiger partial charge >= 0.3 is 6.09 Å². The number of carbonyl (C=O) groups excluding carboxylic acids is 1. The summed E-state index contributed by atoms with van der Waals surface area (Å²) in [5.74, 6) is 0. The van der Waals surface area contributed by atoms with E-state index in [4.69, 9.17) is 4.74 Å². The molecule has 0 unspecified atom stereocenters. The van der Waals surface area contributed by atoms with Gasteiger partial charge in [-0.1, -0.05) is 39.0 Å². The van der Waals surface area contributed by atoms with E-state index in [1.54, 1.807) is 24.5 Å². The predicted molar refractivity (Wildman–Crippen MR) is 72.6 cm³/mol. The molecule has 1 amide bonds. The van der Waals surface area contributed by atoms with Crippen molar-refractivity contribution in [1.82, 2.24) is 4.98 Å². The maximum atomic E-state index is 11.4. The second-order valence-corrected chi connectivity index (χ2v) is 4.27. The van der Waals surface area contributed by atoms with Crippen LogP contribution in [0.1, 0.15) is 45.4 Å². The number of hydrogen-bond acceptors (Lipinski definition) is 3. The Hall–Kier alpha value is -1.58. The summed E-state index contributed by atoms with van der Waals surface area (Å²) in [5, 5.41) is 2.63. The van der Waals surface area contributed by atoms with Gasteiger partial charge in [-0.05, 0) is 18.6 Å². The Morgan fingerprint density at radius 3 is 2.78 bits per heavy atom. The van der Waals surface area contributed by atoms with Gasteiger partial charge in [0.1, 0.15) is 0 Å². The van der Waals surface area contributed by atoms with Crippen LogP contribution in [0, 0.1) is 0 Å². The van der Waals surface area contributed by atoms with E-state index in [1.807, 2.05) is 0 Å². The molecule has 0 aromatic carbocycles. The number of unbranched alkanes of at least 4 members (excludes halogenated alkanes) is 5. The molecule has 1 N–H and O–H groups in total. The van der Waals surface area contributed by atoms with Crippen molar-refractivity contribution in [2.24, 2.45) is 0 Å². The Bertz CT molecular complexity index is 328. The Morgan fingerprint density at radius 2 is 2.06 bits per heavy atom. The van der Waals surface area contributed by atoms with Crippen molar-refractivity contribution in [2.45, 2.75) is 45.4 Å². The van der Waals surface area contributed by atoms with Crippen LogP contribution >= 0.6 is 0 Å². The number of nitrogens with one attached hydrogen (secondary N) is 1. The molecule has 1 aromatic rings. The van der Waals surface area contributed by atoms with E-state index in [1.165, 1.54) is 25.7 Å². The first kappa shape index (κ1) is 14.5. The summed E-state index contributed by atoms with van der Waals surface area (Å²) in [7, 11) is 0. The summed E-state index contributed by atoms with van der Waals surface area (Å²) in [6.45, 7) is 2.68. The standard InChI is InChI=1S/C14H22N2O2/c1-2-3-4-5-6-7-11-18-14(17)16-13-9-8-10-15-12-13/h8-10,12H,2-7,11H2,1H3,(H,16,17).